The van der Waals surface area contributed by atoms with Gasteiger partial charge < -0.3 is 10.1 Å². The van der Waals surface area contributed by atoms with Gasteiger partial charge in [0.05, 0.1) is 18.3 Å². The molecule has 2 nitrogen and oxygen atoms in total. The van der Waals surface area contributed by atoms with Crippen LogP contribution in [0.5, 0.6) is 5.75 Å². The molecule has 2 aromatic rings. The van der Waals surface area contributed by atoms with Gasteiger partial charge in [-0.15, -0.1) is 0 Å². The van der Waals surface area contributed by atoms with E-state index in [1.807, 2.05) is 24.3 Å². The van der Waals surface area contributed by atoms with Crippen molar-refractivity contribution in [3.63, 3.8) is 0 Å². The van der Waals surface area contributed by atoms with Crippen LogP contribution in [0.3, 0.4) is 0 Å². The van der Waals surface area contributed by atoms with Crippen molar-refractivity contribution in [1.82, 2.24) is 0 Å². The second-order valence-corrected chi connectivity index (χ2v) is 6.83. The van der Waals surface area contributed by atoms with E-state index < -0.39 is 0 Å². The minimum atomic E-state index is -0.256. The van der Waals surface area contributed by atoms with Crippen LogP contribution < -0.4 is 10.1 Å². The lowest BCUT2D eigenvalue weighted by Crippen LogP contribution is -2.11. The smallest absolute Gasteiger partial charge is 0.147 e. The summed E-state index contributed by atoms with van der Waals surface area (Å²) >= 11 is 6.73. The molecule has 0 saturated carbocycles. The zero-order valence-electron chi connectivity index (χ0n) is 11.2. The first-order valence-electron chi connectivity index (χ1n) is 6.77. The van der Waals surface area contributed by atoms with Crippen LogP contribution in [0.25, 0.3) is 0 Å². The van der Waals surface area contributed by atoms with Gasteiger partial charge in [-0.1, -0.05) is 37.9 Å². The van der Waals surface area contributed by atoms with Crippen LogP contribution in [-0.4, -0.2) is 6.61 Å². The van der Waals surface area contributed by atoms with E-state index in [9.17, 15) is 4.39 Å². The Morgan fingerprint density at radius 1 is 1.10 bits per heavy atom. The predicted octanol–water partition coefficient (Wildman–Crippen LogP) is 5.68. The number of hydrogen-bond acceptors (Lipinski definition) is 2. The first kappa shape index (κ1) is 14.9. The molecule has 1 aliphatic rings. The molecule has 21 heavy (non-hydrogen) atoms. The molecule has 1 N–H and O–H groups in total. The molecule has 1 unspecified atom stereocenters. The molecule has 0 amide bonds. The molecule has 1 aliphatic heterocycles. The number of fused-ring (bicyclic) bond motifs is 1. The van der Waals surface area contributed by atoms with Crippen LogP contribution in [0.2, 0.25) is 0 Å². The summed E-state index contributed by atoms with van der Waals surface area (Å²) in [5, 5.41) is 3.30. The lowest BCUT2D eigenvalue weighted by Gasteiger charge is -2.20. The Hall–Kier alpha value is -1.07. The van der Waals surface area contributed by atoms with Gasteiger partial charge in [0.2, 0.25) is 0 Å². The van der Waals surface area contributed by atoms with E-state index in [1.54, 1.807) is 6.07 Å². The normalized spacial score (nSPS) is 17.6. The summed E-state index contributed by atoms with van der Waals surface area (Å²) in [6, 6.07) is 11.1. The molecule has 1 atom stereocenters. The van der Waals surface area contributed by atoms with Crippen LogP contribution >= 0.6 is 31.9 Å². The average Bonchev–Trinajstić information content (AvgIpc) is 2.64. The van der Waals surface area contributed by atoms with Crippen molar-refractivity contribution in [1.29, 1.82) is 0 Å². The Balaban J connectivity index is 1.92. The summed E-state index contributed by atoms with van der Waals surface area (Å²) in [6.07, 6.45) is 1.84. The van der Waals surface area contributed by atoms with E-state index in [0.29, 0.717) is 12.3 Å². The zero-order valence-corrected chi connectivity index (χ0v) is 14.4. The summed E-state index contributed by atoms with van der Waals surface area (Å²) in [5.41, 5.74) is 1.58. The van der Waals surface area contributed by atoms with Gasteiger partial charge in [0.25, 0.3) is 0 Å². The minimum Gasteiger partial charge on any atom is -0.493 e. The third-order valence-electron chi connectivity index (χ3n) is 3.51. The molecule has 0 aliphatic carbocycles. The fourth-order valence-corrected chi connectivity index (χ4v) is 3.16. The molecule has 0 spiro atoms. The first-order valence-corrected chi connectivity index (χ1v) is 8.36. The molecule has 0 bridgehead atoms. The van der Waals surface area contributed by atoms with Gasteiger partial charge in [-0.3, -0.25) is 0 Å². The highest BCUT2D eigenvalue weighted by Gasteiger charge is 2.20. The van der Waals surface area contributed by atoms with Crippen molar-refractivity contribution < 1.29 is 9.13 Å². The predicted molar refractivity (Wildman–Crippen MR) is 89.3 cm³/mol. The molecule has 110 valence electrons. The zero-order chi connectivity index (χ0) is 14.8. The van der Waals surface area contributed by atoms with E-state index in [4.69, 9.17) is 4.74 Å². The molecule has 1 heterocycles. The van der Waals surface area contributed by atoms with E-state index in [2.05, 4.69) is 37.2 Å². The molecule has 0 aromatic heterocycles. The van der Waals surface area contributed by atoms with Gasteiger partial charge in [-0.25, -0.2) is 4.39 Å². The lowest BCUT2D eigenvalue weighted by molar-refractivity contribution is 0.316. The van der Waals surface area contributed by atoms with Crippen molar-refractivity contribution in [2.45, 2.75) is 18.9 Å². The van der Waals surface area contributed by atoms with Crippen LogP contribution in [0, 0.1) is 5.82 Å². The molecule has 0 saturated heterocycles. The molecular formula is C16H14Br2FNO. The fourth-order valence-electron chi connectivity index (χ4n) is 2.49. The second kappa shape index (κ2) is 6.36. The molecule has 0 radical (unpaired) electrons. The molecule has 2 aromatic carbocycles. The molecular weight excluding hydrogens is 401 g/mol. The lowest BCUT2D eigenvalue weighted by atomic mass is 10.0. The number of rotatable bonds is 2. The van der Waals surface area contributed by atoms with Crippen LogP contribution in [0.1, 0.15) is 24.4 Å². The van der Waals surface area contributed by atoms with E-state index >= 15 is 0 Å². The Morgan fingerprint density at radius 3 is 2.67 bits per heavy atom. The van der Waals surface area contributed by atoms with Crippen LogP contribution in [0.15, 0.2) is 45.3 Å². The standard InChI is InChI=1S/C16H14Br2FNO/c17-10-4-6-15(13(19)8-10)20-14-2-1-7-21-16-9-11(18)3-5-12(14)16/h3-6,8-9,14,20H,1-2,7H2. The highest BCUT2D eigenvalue weighted by atomic mass is 79.9. The van der Waals surface area contributed by atoms with Crippen LogP contribution in [0.4, 0.5) is 10.1 Å². The Bertz CT molecular complexity index is 663. The molecule has 0 fully saturated rings. The van der Waals surface area contributed by atoms with E-state index in [1.165, 1.54) is 6.07 Å². The summed E-state index contributed by atoms with van der Waals surface area (Å²) in [4.78, 5) is 0. The monoisotopic (exact) mass is 413 g/mol. The average molecular weight is 415 g/mol. The number of anilines is 1. The van der Waals surface area contributed by atoms with Crippen molar-refractivity contribution in [3.8, 4) is 5.75 Å². The number of halogens is 3. The maximum atomic E-state index is 14.0. The Labute approximate surface area is 140 Å². The summed E-state index contributed by atoms with van der Waals surface area (Å²) < 4.78 is 21.5. The van der Waals surface area contributed by atoms with Gasteiger partial charge in [0.1, 0.15) is 11.6 Å². The largest absolute Gasteiger partial charge is 0.493 e. The highest BCUT2D eigenvalue weighted by molar-refractivity contribution is 9.10. The third-order valence-corrected chi connectivity index (χ3v) is 4.49. The maximum Gasteiger partial charge on any atom is 0.147 e. The number of hydrogen-bond donors (Lipinski definition) is 1. The molecule has 5 heteroatoms. The topological polar surface area (TPSA) is 21.3 Å². The van der Waals surface area contributed by atoms with Gasteiger partial charge in [0.15, 0.2) is 0 Å². The number of ether oxygens (including phenoxy) is 1. The summed E-state index contributed by atoms with van der Waals surface area (Å²) in [5.74, 6) is 0.602. The highest BCUT2D eigenvalue weighted by Crippen LogP contribution is 2.36. The van der Waals surface area contributed by atoms with Crippen molar-refractivity contribution in [3.05, 3.63) is 56.7 Å². The van der Waals surface area contributed by atoms with Gasteiger partial charge in [-0.2, -0.15) is 0 Å². The minimum absolute atomic E-state index is 0.0475. The van der Waals surface area contributed by atoms with E-state index in [-0.39, 0.29) is 11.9 Å². The van der Waals surface area contributed by atoms with Gasteiger partial charge in [0, 0.05) is 14.5 Å². The van der Waals surface area contributed by atoms with Crippen molar-refractivity contribution >= 4 is 37.5 Å². The van der Waals surface area contributed by atoms with Gasteiger partial charge >= 0.3 is 0 Å². The van der Waals surface area contributed by atoms with E-state index in [0.717, 1.165) is 33.1 Å². The summed E-state index contributed by atoms with van der Waals surface area (Å²) in [7, 11) is 0. The van der Waals surface area contributed by atoms with Crippen molar-refractivity contribution in [2.75, 3.05) is 11.9 Å². The van der Waals surface area contributed by atoms with Crippen molar-refractivity contribution in [2.24, 2.45) is 0 Å². The quantitative estimate of drug-likeness (QED) is 0.682. The third kappa shape index (κ3) is 3.40. The number of nitrogens with one attached hydrogen (secondary N) is 1. The van der Waals surface area contributed by atoms with Crippen LogP contribution in [-0.2, 0) is 0 Å². The maximum absolute atomic E-state index is 14.0. The van der Waals surface area contributed by atoms with Gasteiger partial charge in [-0.05, 0) is 43.2 Å². The molecule has 3 rings (SSSR count). The Morgan fingerprint density at radius 2 is 1.86 bits per heavy atom. The number of benzene rings is 2. The summed E-state index contributed by atoms with van der Waals surface area (Å²) in [6.45, 7) is 0.685. The Kier molecular flexibility index (Phi) is 4.50. The fraction of sp³-hybridized carbons (Fsp3) is 0.250. The first-order chi connectivity index (χ1) is 10.1. The second-order valence-electron chi connectivity index (χ2n) is 4.99. The SMILES string of the molecule is Fc1cc(Br)ccc1NC1CCCOc2cc(Br)ccc21.